The quantitative estimate of drug-likeness (QED) is 0.868. The number of aromatic nitrogens is 3. The maximum absolute atomic E-state index is 9.38. The number of nitrogens with zero attached hydrogens (tertiary/aromatic N) is 5. The second kappa shape index (κ2) is 5.96. The molecule has 0 saturated carbocycles. The number of nitriles is 1. The van der Waals surface area contributed by atoms with Gasteiger partial charge >= 0.3 is 0 Å². The van der Waals surface area contributed by atoms with Crippen LogP contribution in [0.3, 0.4) is 0 Å². The Morgan fingerprint density at radius 1 is 1.24 bits per heavy atom. The van der Waals surface area contributed by atoms with Gasteiger partial charge < -0.3 is 4.90 Å². The van der Waals surface area contributed by atoms with Crippen molar-refractivity contribution in [1.29, 1.82) is 5.26 Å². The van der Waals surface area contributed by atoms with E-state index in [1.54, 1.807) is 4.80 Å². The highest BCUT2D eigenvalue weighted by Gasteiger charge is 2.26. The van der Waals surface area contributed by atoms with Crippen LogP contribution in [0.5, 0.6) is 0 Å². The zero-order valence-electron chi connectivity index (χ0n) is 12.2. The van der Waals surface area contributed by atoms with Gasteiger partial charge in [-0.15, -0.1) is 15.0 Å². The molecule has 5 heteroatoms. The molecule has 0 aliphatic carbocycles. The lowest BCUT2D eigenvalue weighted by atomic mass is 10.00. The lowest BCUT2D eigenvalue weighted by Gasteiger charge is -2.35. The minimum atomic E-state index is 0.416. The third kappa shape index (κ3) is 2.62. The van der Waals surface area contributed by atoms with E-state index in [1.165, 1.54) is 12.8 Å². The molecule has 2 heterocycles. The van der Waals surface area contributed by atoms with Gasteiger partial charge in [0, 0.05) is 12.6 Å². The molecule has 108 valence electrons. The molecule has 1 aliphatic rings. The maximum Gasteiger partial charge on any atom is 0.207 e. The Morgan fingerprint density at radius 2 is 2.05 bits per heavy atom. The van der Waals surface area contributed by atoms with E-state index in [1.807, 2.05) is 30.3 Å². The smallest absolute Gasteiger partial charge is 0.207 e. The molecule has 0 bridgehead atoms. The predicted octanol–water partition coefficient (Wildman–Crippen LogP) is 2.91. The Morgan fingerprint density at radius 3 is 2.76 bits per heavy atom. The summed E-state index contributed by atoms with van der Waals surface area (Å²) in [7, 11) is 0. The van der Waals surface area contributed by atoms with Crippen molar-refractivity contribution in [2.75, 3.05) is 11.4 Å². The normalized spacial score (nSPS) is 18.5. The summed E-state index contributed by atoms with van der Waals surface area (Å²) in [5, 5.41) is 18.3. The van der Waals surface area contributed by atoms with Gasteiger partial charge in [0.25, 0.3) is 0 Å². The first kappa shape index (κ1) is 13.6. The summed E-state index contributed by atoms with van der Waals surface area (Å²) in [4.78, 5) is 3.82. The molecule has 2 aromatic rings. The topological polar surface area (TPSA) is 57.7 Å². The molecule has 1 aliphatic heterocycles. The van der Waals surface area contributed by atoms with Crippen molar-refractivity contribution < 1.29 is 0 Å². The van der Waals surface area contributed by atoms with Gasteiger partial charge in [0.15, 0.2) is 5.82 Å². The zero-order chi connectivity index (χ0) is 14.7. The van der Waals surface area contributed by atoms with Crippen LogP contribution in [0.4, 0.5) is 5.82 Å². The van der Waals surface area contributed by atoms with E-state index in [2.05, 4.69) is 28.1 Å². The average molecular weight is 281 g/mol. The summed E-state index contributed by atoms with van der Waals surface area (Å²) < 4.78 is 0. The highest BCUT2D eigenvalue weighted by molar-refractivity contribution is 5.51. The van der Waals surface area contributed by atoms with Crippen LogP contribution in [0.15, 0.2) is 30.3 Å². The molecular formula is C16H19N5. The van der Waals surface area contributed by atoms with E-state index in [4.69, 9.17) is 0 Å². The SMILES string of the molecule is CC[C@H]1CCCCN1c1nn(-c2ccccc2)nc1C#N. The summed E-state index contributed by atoms with van der Waals surface area (Å²) in [5.74, 6) is 0.730. The highest BCUT2D eigenvalue weighted by Crippen LogP contribution is 2.27. The van der Waals surface area contributed by atoms with Crippen LogP contribution in [0.1, 0.15) is 38.3 Å². The van der Waals surface area contributed by atoms with Gasteiger partial charge in [-0.2, -0.15) is 5.26 Å². The number of rotatable bonds is 3. The first-order valence-electron chi connectivity index (χ1n) is 7.53. The molecule has 0 N–H and O–H groups in total. The molecule has 0 unspecified atom stereocenters. The van der Waals surface area contributed by atoms with E-state index in [0.717, 1.165) is 30.9 Å². The Bertz CT molecular complexity index is 640. The first-order chi connectivity index (χ1) is 10.3. The number of anilines is 1. The fourth-order valence-electron chi connectivity index (χ4n) is 2.95. The average Bonchev–Trinajstić information content (AvgIpc) is 2.99. The van der Waals surface area contributed by atoms with Gasteiger partial charge in [-0.25, -0.2) is 0 Å². The Balaban J connectivity index is 1.99. The van der Waals surface area contributed by atoms with E-state index < -0.39 is 0 Å². The van der Waals surface area contributed by atoms with Gasteiger partial charge in [-0.3, -0.25) is 0 Å². The van der Waals surface area contributed by atoms with Crippen LogP contribution >= 0.6 is 0 Å². The van der Waals surface area contributed by atoms with Crippen molar-refractivity contribution in [2.45, 2.75) is 38.6 Å². The second-order valence-corrected chi connectivity index (χ2v) is 5.36. The summed E-state index contributed by atoms with van der Waals surface area (Å²) in [5.41, 5.74) is 1.30. The minimum absolute atomic E-state index is 0.416. The van der Waals surface area contributed by atoms with E-state index in [0.29, 0.717) is 11.7 Å². The van der Waals surface area contributed by atoms with Crippen molar-refractivity contribution in [1.82, 2.24) is 15.0 Å². The van der Waals surface area contributed by atoms with Crippen molar-refractivity contribution in [3.8, 4) is 11.8 Å². The third-order valence-electron chi connectivity index (χ3n) is 4.06. The molecule has 1 aromatic heterocycles. The Kier molecular flexibility index (Phi) is 3.87. The van der Waals surface area contributed by atoms with E-state index in [9.17, 15) is 5.26 Å². The minimum Gasteiger partial charge on any atom is -0.350 e. The lowest BCUT2D eigenvalue weighted by molar-refractivity contribution is 0.446. The number of para-hydroxylation sites is 1. The van der Waals surface area contributed by atoms with Crippen LogP contribution < -0.4 is 4.90 Å². The Hall–Kier alpha value is -2.35. The van der Waals surface area contributed by atoms with Gasteiger partial charge in [0.05, 0.1) is 5.69 Å². The summed E-state index contributed by atoms with van der Waals surface area (Å²) in [6.07, 6.45) is 4.64. The number of hydrogen-bond acceptors (Lipinski definition) is 4. The molecule has 1 atom stereocenters. The number of piperidine rings is 1. The molecule has 0 spiro atoms. The van der Waals surface area contributed by atoms with Gasteiger partial charge in [-0.05, 0) is 37.8 Å². The molecular weight excluding hydrogens is 262 g/mol. The van der Waals surface area contributed by atoms with Gasteiger partial charge in [0.2, 0.25) is 5.69 Å². The van der Waals surface area contributed by atoms with Crippen molar-refractivity contribution in [2.24, 2.45) is 0 Å². The Labute approximate surface area is 124 Å². The molecule has 1 fully saturated rings. The van der Waals surface area contributed by atoms with Crippen molar-refractivity contribution in [3.63, 3.8) is 0 Å². The summed E-state index contributed by atoms with van der Waals surface area (Å²) in [6.45, 7) is 3.15. The van der Waals surface area contributed by atoms with E-state index >= 15 is 0 Å². The monoisotopic (exact) mass is 281 g/mol. The standard InChI is InChI=1S/C16H19N5/c1-2-13-8-6-7-11-20(13)16-15(12-17)18-21(19-16)14-9-4-3-5-10-14/h3-5,9-10,13H,2,6-8,11H2,1H3/t13-/m0/s1. The summed E-state index contributed by atoms with van der Waals surface area (Å²) >= 11 is 0. The van der Waals surface area contributed by atoms with Crippen molar-refractivity contribution in [3.05, 3.63) is 36.0 Å². The van der Waals surface area contributed by atoms with Crippen LogP contribution in [-0.4, -0.2) is 27.6 Å². The van der Waals surface area contributed by atoms with Gasteiger partial charge in [0.1, 0.15) is 6.07 Å². The van der Waals surface area contributed by atoms with E-state index in [-0.39, 0.29) is 0 Å². The molecule has 0 amide bonds. The van der Waals surface area contributed by atoms with Crippen molar-refractivity contribution >= 4 is 5.82 Å². The van der Waals surface area contributed by atoms with Gasteiger partial charge in [-0.1, -0.05) is 25.1 Å². The largest absolute Gasteiger partial charge is 0.350 e. The fourth-order valence-corrected chi connectivity index (χ4v) is 2.95. The second-order valence-electron chi connectivity index (χ2n) is 5.36. The first-order valence-corrected chi connectivity index (χ1v) is 7.53. The molecule has 21 heavy (non-hydrogen) atoms. The van der Waals surface area contributed by atoms with Crippen LogP contribution in [-0.2, 0) is 0 Å². The van der Waals surface area contributed by atoms with Crippen LogP contribution in [0.25, 0.3) is 5.69 Å². The lowest BCUT2D eigenvalue weighted by Crippen LogP contribution is -2.39. The molecule has 1 saturated heterocycles. The number of benzene rings is 1. The third-order valence-corrected chi connectivity index (χ3v) is 4.06. The predicted molar refractivity (Wildman–Crippen MR) is 81.4 cm³/mol. The fraction of sp³-hybridized carbons (Fsp3) is 0.438. The molecule has 3 rings (SSSR count). The summed E-state index contributed by atoms with van der Waals surface area (Å²) in [6, 6.07) is 12.4. The molecule has 0 radical (unpaired) electrons. The zero-order valence-corrected chi connectivity index (χ0v) is 12.2. The number of hydrogen-bond donors (Lipinski definition) is 0. The van der Waals surface area contributed by atoms with Crippen LogP contribution in [0, 0.1) is 11.3 Å². The molecule has 5 nitrogen and oxygen atoms in total. The van der Waals surface area contributed by atoms with Crippen LogP contribution in [0.2, 0.25) is 0 Å². The highest BCUT2D eigenvalue weighted by atomic mass is 15.5. The maximum atomic E-state index is 9.38. The molecule has 1 aromatic carbocycles.